The molecule has 0 amide bonds. The molecule has 0 atom stereocenters. The molecule has 1 saturated carbocycles. The zero-order chi connectivity index (χ0) is 26.3. The molecule has 0 bridgehead atoms. The minimum absolute atomic E-state index is 0.00611. The van der Waals surface area contributed by atoms with E-state index in [1.807, 2.05) is 55.5 Å². The molecule has 7 nitrogen and oxygen atoms in total. The highest BCUT2D eigenvalue weighted by Crippen LogP contribution is 2.46. The zero-order valence-electron chi connectivity index (χ0n) is 22.4. The predicted octanol–water partition coefficient (Wildman–Crippen LogP) is 6.64. The van der Waals surface area contributed by atoms with Crippen LogP contribution in [-0.2, 0) is 0 Å². The largest absolute Gasteiger partial charge is 0.494 e. The van der Waals surface area contributed by atoms with Gasteiger partial charge in [0.05, 0.1) is 28.9 Å². The van der Waals surface area contributed by atoms with Gasteiger partial charge in [0, 0.05) is 49.0 Å². The summed E-state index contributed by atoms with van der Waals surface area (Å²) in [7, 11) is 0. The summed E-state index contributed by atoms with van der Waals surface area (Å²) in [6.45, 7) is 6.54. The number of piperazine rings is 1. The average Bonchev–Trinajstić information content (AvgIpc) is 3.43. The number of rotatable bonds is 6. The predicted molar refractivity (Wildman–Crippen MR) is 154 cm³/mol. The first-order valence-corrected chi connectivity index (χ1v) is 14.3. The maximum atomic E-state index is 13.9. The molecule has 3 aliphatic rings. The van der Waals surface area contributed by atoms with Gasteiger partial charge in [-0.2, -0.15) is 0 Å². The van der Waals surface area contributed by atoms with E-state index in [4.69, 9.17) is 9.26 Å². The Labute approximate surface area is 228 Å². The van der Waals surface area contributed by atoms with E-state index in [-0.39, 0.29) is 5.78 Å². The van der Waals surface area contributed by atoms with Crippen molar-refractivity contribution in [3.63, 3.8) is 0 Å². The Hall–Kier alpha value is -3.84. The molecule has 0 spiro atoms. The molecule has 7 rings (SSSR count). The van der Waals surface area contributed by atoms with Crippen LogP contribution in [0.1, 0.15) is 54.9 Å². The van der Waals surface area contributed by atoms with Crippen LogP contribution in [0.2, 0.25) is 0 Å². The minimum Gasteiger partial charge on any atom is -0.494 e. The molecule has 7 heteroatoms. The van der Waals surface area contributed by atoms with Gasteiger partial charge in [-0.3, -0.25) is 9.69 Å². The van der Waals surface area contributed by atoms with Gasteiger partial charge in [0.15, 0.2) is 11.5 Å². The summed E-state index contributed by atoms with van der Waals surface area (Å²) < 4.78 is 11.6. The number of ether oxygens (including phenoxy) is 1. The number of benzene rings is 3. The number of anilines is 3. The Morgan fingerprint density at radius 2 is 1.72 bits per heavy atom. The van der Waals surface area contributed by atoms with Crippen LogP contribution in [0.25, 0.3) is 22.2 Å². The maximum absolute atomic E-state index is 13.9. The van der Waals surface area contributed by atoms with Crippen LogP contribution in [-0.4, -0.2) is 54.7 Å². The van der Waals surface area contributed by atoms with E-state index in [1.165, 1.54) is 32.1 Å². The summed E-state index contributed by atoms with van der Waals surface area (Å²) in [6, 6.07) is 18.3. The lowest BCUT2D eigenvalue weighted by atomic mass is 9.86. The molecule has 2 aliphatic carbocycles. The lowest BCUT2D eigenvalue weighted by Crippen LogP contribution is -2.51. The monoisotopic (exact) mass is 522 g/mol. The van der Waals surface area contributed by atoms with E-state index < -0.39 is 0 Å². The third kappa shape index (κ3) is 4.25. The van der Waals surface area contributed by atoms with Crippen LogP contribution < -0.4 is 15.0 Å². The fraction of sp³-hybridized carbons (Fsp3) is 0.375. The molecule has 4 aromatic rings. The second kappa shape index (κ2) is 10.0. The van der Waals surface area contributed by atoms with Crippen molar-refractivity contribution < 1.29 is 14.1 Å². The number of hydrogen-bond acceptors (Lipinski definition) is 7. The number of carbonyl (C=O) groups is 1. The Morgan fingerprint density at radius 1 is 0.974 bits per heavy atom. The van der Waals surface area contributed by atoms with Gasteiger partial charge >= 0.3 is 0 Å². The van der Waals surface area contributed by atoms with E-state index in [0.717, 1.165) is 71.5 Å². The number of aromatic nitrogens is 1. The molecule has 1 aromatic heterocycles. The molecule has 200 valence electrons. The lowest BCUT2D eigenvalue weighted by molar-refractivity contribution is 0.104. The van der Waals surface area contributed by atoms with E-state index >= 15 is 0 Å². The average molecular weight is 523 g/mol. The standard InChI is InChI=1S/C32H34N4O3/c1-2-38-23-14-12-21(13-15-23)33-26-20-27(36-18-16-35(17-19-36)22-8-4-3-5-9-22)30-29-28(26)31(37)24-10-6-7-11-25(24)32(29)39-34-30/h6-7,10-15,20,22,33H,2-5,8-9,16-19H2,1H3. The third-order valence-electron chi connectivity index (χ3n) is 8.57. The number of hydrogen-bond donors (Lipinski definition) is 1. The quantitative estimate of drug-likeness (QED) is 0.268. The number of ketones is 1. The SMILES string of the molecule is CCOc1ccc(Nc2cc(N3CCN(C4CCCCC4)CC3)c3noc4c3c2C(=O)c2ccccc2-4)cc1. The number of carbonyl (C=O) groups excluding carboxylic acids is 1. The summed E-state index contributed by atoms with van der Waals surface area (Å²) in [5.74, 6) is 1.49. The van der Waals surface area contributed by atoms with Crippen molar-refractivity contribution in [2.45, 2.75) is 45.1 Å². The summed E-state index contributed by atoms with van der Waals surface area (Å²) >= 11 is 0. The number of nitrogens with one attached hydrogen (secondary N) is 1. The van der Waals surface area contributed by atoms with Crippen molar-refractivity contribution in [2.75, 3.05) is 43.0 Å². The normalized spacial score (nSPS) is 17.9. The molecule has 39 heavy (non-hydrogen) atoms. The van der Waals surface area contributed by atoms with E-state index in [1.54, 1.807) is 0 Å². The Bertz CT molecular complexity index is 1510. The van der Waals surface area contributed by atoms with Gasteiger partial charge < -0.3 is 19.5 Å². The van der Waals surface area contributed by atoms with E-state index in [2.05, 4.69) is 26.3 Å². The van der Waals surface area contributed by atoms with E-state index in [0.29, 0.717) is 23.5 Å². The van der Waals surface area contributed by atoms with Crippen LogP contribution in [0.15, 0.2) is 59.1 Å². The maximum Gasteiger partial charge on any atom is 0.196 e. The highest BCUT2D eigenvalue weighted by Gasteiger charge is 2.34. The molecule has 2 heterocycles. The van der Waals surface area contributed by atoms with Gasteiger partial charge in [-0.1, -0.05) is 48.7 Å². The fourth-order valence-corrected chi connectivity index (χ4v) is 6.61. The number of fused-ring (bicyclic) bond motifs is 2. The topological polar surface area (TPSA) is 70.8 Å². The molecule has 1 N–H and O–H groups in total. The first-order chi connectivity index (χ1) is 19.2. The highest BCUT2D eigenvalue weighted by atomic mass is 16.5. The van der Waals surface area contributed by atoms with Crippen molar-refractivity contribution in [1.29, 1.82) is 0 Å². The Kier molecular flexibility index (Phi) is 6.24. The second-order valence-electron chi connectivity index (χ2n) is 10.8. The summed E-state index contributed by atoms with van der Waals surface area (Å²) in [5, 5.41) is 8.92. The molecule has 1 saturated heterocycles. The highest BCUT2D eigenvalue weighted by molar-refractivity contribution is 6.28. The molecular weight excluding hydrogens is 488 g/mol. The first-order valence-electron chi connectivity index (χ1n) is 14.3. The Balaban J connectivity index is 1.29. The van der Waals surface area contributed by atoms with Gasteiger partial charge in [-0.05, 0) is 50.1 Å². The van der Waals surface area contributed by atoms with Gasteiger partial charge in [0.1, 0.15) is 11.3 Å². The molecule has 2 fully saturated rings. The van der Waals surface area contributed by atoms with Crippen molar-refractivity contribution in [3.8, 4) is 17.1 Å². The summed E-state index contributed by atoms with van der Waals surface area (Å²) in [4.78, 5) is 19.0. The van der Waals surface area contributed by atoms with Crippen molar-refractivity contribution in [1.82, 2.24) is 10.1 Å². The molecule has 3 aromatic carbocycles. The van der Waals surface area contributed by atoms with Crippen LogP contribution in [0.3, 0.4) is 0 Å². The second-order valence-corrected chi connectivity index (χ2v) is 10.8. The first kappa shape index (κ1) is 24.2. The third-order valence-corrected chi connectivity index (χ3v) is 8.57. The van der Waals surface area contributed by atoms with Crippen LogP contribution in [0.4, 0.5) is 17.1 Å². The van der Waals surface area contributed by atoms with Gasteiger partial charge in [0.25, 0.3) is 0 Å². The smallest absolute Gasteiger partial charge is 0.196 e. The summed E-state index contributed by atoms with van der Waals surface area (Å²) in [6.07, 6.45) is 6.73. The molecule has 0 radical (unpaired) electrons. The molecular formula is C32H34N4O3. The molecule has 1 aliphatic heterocycles. The fourth-order valence-electron chi connectivity index (χ4n) is 6.61. The zero-order valence-corrected chi connectivity index (χ0v) is 22.4. The Morgan fingerprint density at radius 3 is 2.46 bits per heavy atom. The van der Waals surface area contributed by atoms with Crippen molar-refractivity contribution >= 4 is 33.7 Å². The van der Waals surface area contributed by atoms with Gasteiger partial charge in [-0.25, -0.2) is 0 Å². The summed E-state index contributed by atoms with van der Waals surface area (Å²) in [5.41, 5.74) is 5.54. The van der Waals surface area contributed by atoms with Crippen molar-refractivity contribution in [2.24, 2.45) is 0 Å². The van der Waals surface area contributed by atoms with E-state index in [9.17, 15) is 4.79 Å². The van der Waals surface area contributed by atoms with Crippen LogP contribution in [0, 0.1) is 0 Å². The van der Waals surface area contributed by atoms with Gasteiger partial charge in [0.2, 0.25) is 0 Å². The van der Waals surface area contributed by atoms with Crippen LogP contribution >= 0.6 is 0 Å². The van der Waals surface area contributed by atoms with Gasteiger partial charge in [-0.15, -0.1) is 0 Å². The lowest BCUT2D eigenvalue weighted by Gasteiger charge is -2.41. The van der Waals surface area contributed by atoms with Crippen LogP contribution in [0.5, 0.6) is 5.75 Å². The van der Waals surface area contributed by atoms with Crippen molar-refractivity contribution in [3.05, 3.63) is 65.7 Å². The minimum atomic E-state index is -0.00611. The number of nitrogens with zero attached hydrogens (tertiary/aromatic N) is 3. The molecule has 0 unspecified atom stereocenters.